The number of hydrogen-bond donors (Lipinski definition) is 1. The first-order valence-corrected chi connectivity index (χ1v) is 12.8. The second kappa shape index (κ2) is 11.2. The molecule has 1 aromatic heterocycles. The van der Waals surface area contributed by atoms with Crippen molar-refractivity contribution in [3.63, 3.8) is 0 Å². The number of hydrogen-bond acceptors (Lipinski definition) is 6. The van der Waals surface area contributed by atoms with Gasteiger partial charge in [-0.15, -0.1) is 0 Å². The normalized spacial score (nSPS) is 19.0. The summed E-state index contributed by atoms with van der Waals surface area (Å²) in [6, 6.07) is 14.2. The van der Waals surface area contributed by atoms with Gasteiger partial charge < -0.3 is 24.5 Å². The number of halogens is 6. The van der Waals surface area contributed by atoms with Crippen LogP contribution in [0.3, 0.4) is 0 Å². The average Bonchev–Trinajstić information content (AvgIpc) is 2.94. The minimum Gasteiger partial charge on any atom is -0.382 e. The minimum atomic E-state index is -4.90. The average molecular weight is 567 g/mol. The first-order valence-electron chi connectivity index (χ1n) is 12.8. The van der Waals surface area contributed by atoms with Gasteiger partial charge in [0.1, 0.15) is 0 Å². The zero-order valence-electron chi connectivity index (χ0n) is 21.4. The van der Waals surface area contributed by atoms with E-state index in [2.05, 4.69) is 9.88 Å². The molecular weight excluding hydrogens is 538 g/mol. The van der Waals surface area contributed by atoms with Gasteiger partial charge >= 0.3 is 12.4 Å². The fourth-order valence-corrected chi connectivity index (χ4v) is 5.25. The van der Waals surface area contributed by atoms with Gasteiger partial charge in [-0.05, 0) is 42.0 Å². The summed E-state index contributed by atoms with van der Waals surface area (Å²) in [5.41, 5.74) is 1.89. The molecule has 0 radical (unpaired) electrons. The molecule has 0 aliphatic carbocycles. The maximum absolute atomic E-state index is 13.6. The van der Waals surface area contributed by atoms with Crippen molar-refractivity contribution in [3.05, 3.63) is 83.7 Å². The molecule has 1 N–H and O–H groups in total. The Bertz CT molecular complexity index is 1310. The fourth-order valence-electron chi connectivity index (χ4n) is 5.25. The molecule has 2 unspecified atom stereocenters. The van der Waals surface area contributed by atoms with E-state index in [1.807, 2.05) is 17.0 Å². The highest BCUT2D eigenvalue weighted by Crippen LogP contribution is 2.43. The van der Waals surface area contributed by atoms with Gasteiger partial charge in [-0.1, -0.05) is 24.3 Å². The molecule has 214 valence electrons. The van der Waals surface area contributed by atoms with Crippen molar-refractivity contribution in [2.24, 2.45) is 0 Å². The first kappa shape index (κ1) is 28.0. The number of benzene rings is 2. The summed E-state index contributed by atoms with van der Waals surface area (Å²) in [5, 5.41) is 10.0. The molecule has 0 amide bonds. The van der Waals surface area contributed by atoms with E-state index in [0.717, 1.165) is 23.5 Å². The van der Waals surface area contributed by atoms with Crippen LogP contribution < -0.4 is 14.7 Å². The highest BCUT2D eigenvalue weighted by atomic mass is 19.4. The Labute approximate surface area is 227 Å². The van der Waals surface area contributed by atoms with E-state index in [0.29, 0.717) is 37.7 Å². The van der Waals surface area contributed by atoms with Crippen LogP contribution >= 0.6 is 0 Å². The zero-order valence-corrected chi connectivity index (χ0v) is 21.4. The number of morpholine rings is 1. The summed E-state index contributed by atoms with van der Waals surface area (Å²) in [6.45, 7) is 1.98. The monoisotopic (exact) mass is 566 g/mol. The Hall–Kier alpha value is -3.51. The van der Waals surface area contributed by atoms with Gasteiger partial charge in [-0.2, -0.15) is 26.3 Å². The van der Waals surface area contributed by atoms with E-state index in [1.165, 1.54) is 17.0 Å². The topological polar surface area (TPSA) is 52.1 Å². The summed E-state index contributed by atoms with van der Waals surface area (Å²) in [7, 11) is 0. The van der Waals surface area contributed by atoms with Crippen molar-refractivity contribution in [2.75, 3.05) is 54.1 Å². The highest BCUT2D eigenvalue weighted by Gasteiger charge is 2.43. The summed E-state index contributed by atoms with van der Waals surface area (Å²) >= 11 is 0. The predicted octanol–water partition coefficient (Wildman–Crippen LogP) is 5.43. The van der Waals surface area contributed by atoms with Crippen molar-refractivity contribution in [1.29, 1.82) is 0 Å². The highest BCUT2D eigenvalue weighted by molar-refractivity contribution is 5.75. The van der Waals surface area contributed by atoms with Gasteiger partial charge in [-0.25, -0.2) is 0 Å². The molecule has 1 saturated heterocycles. The molecule has 0 spiro atoms. The number of ether oxygens (including phenoxy) is 1. The van der Waals surface area contributed by atoms with Crippen LogP contribution in [0.1, 0.15) is 22.9 Å². The number of nitrogens with zero attached hydrogens (tertiary/aromatic N) is 4. The third-order valence-corrected chi connectivity index (χ3v) is 7.21. The quantitative estimate of drug-likeness (QED) is 0.402. The summed E-state index contributed by atoms with van der Waals surface area (Å²) < 4.78 is 86.6. The largest absolute Gasteiger partial charge is 0.416 e. The van der Waals surface area contributed by atoms with Gasteiger partial charge in [0.15, 0.2) is 6.10 Å². The van der Waals surface area contributed by atoms with Gasteiger partial charge in [-0.3, -0.25) is 4.98 Å². The smallest absolute Gasteiger partial charge is 0.382 e. The maximum atomic E-state index is 13.6. The molecule has 0 bridgehead atoms. The summed E-state index contributed by atoms with van der Waals surface area (Å²) in [5.74, 6) is 0. The molecule has 2 aliphatic heterocycles. The second-order valence-electron chi connectivity index (χ2n) is 9.79. The lowest BCUT2D eigenvalue weighted by molar-refractivity contribution is -0.200. The number of anilines is 3. The van der Waals surface area contributed by atoms with Gasteiger partial charge in [0.05, 0.1) is 60.7 Å². The van der Waals surface area contributed by atoms with Crippen molar-refractivity contribution in [3.8, 4) is 0 Å². The van der Waals surface area contributed by atoms with E-state index in [1.54, 1.807) is 30.5 Å². The number of para-hydroxylation sites is 2. The molecule has 2 aliphatic rings. The Morgan fingerprint density at radius 3 is 2.30 bits per heavy atom. The Morgan fingerprint density at radius 2 is 1.60 bits per heavy atom. The number of pyridine rings is 1. The molecule has 3 heterocycles. The van der Waals surface area contributed by atoms with Gasteiger partial charge in [0.2, 0.25) is 0 Å². The predicted molar refractivity (Wildman–Crippen MR) is 138 cm³/mol. The van der Waals surface area contributed by atoms with Gasteiger partial charge in [0, 0.05) is 25.8 Å². The Balaban J connectivity index is 1.56. The van der Waals surface area contributed by atoms with Crippen molar-refractivity contribution >= 4 is 17.1 Å². The number of β-amino-alcohol motifs (C(OH)–C–C–N with tert-alkyl or cyclic N) is 1. The number of aliphatic hydroxyl groups is 1. The molecule has 12 heteroatoms. The maximum Gasteiger partial charge on any atom is 0.416 e. The van der Waals surface area contributed by atoms with Gasteiger partial charge in [0.25, 0.3) is 0 Å². The van der Waals surface area contributed by atoms with Crippen LogP contribution in [0, 0.1) is 0 Å². The molecule has 0 saturated carbocycles. The third kappa shape index (κ3) is 5.97. The van der Waals surface area contributed by atoms with Crippen molar-refractivity contribution in [2.45, 2.75) is 31.0 Å². The lowest BCUT2D eigenvalue weighted by Gasteiger charge is -2.46. The molecule has 2 atom stereocenters. The molecule has 40 heavy (non-hydrogen) atoms. The van der Waals surface area contributed by atoms with E-state index in [9.17, 15) is 31.4 Å². The number of rotatable bonds is 6. The van der Waals surface area contributed by atoms with Crippen molar-refractivity contribution < 1.29 is 36.2 Å². The summed E-state index contributed by atoms with van der Waals surface area (Å²) in [6.07, 6.45) is -10.6. The lowest BCUT2D eigenvalue weighted by atomic mass is 9.97. The van der Waals surface area contributed by atoms with E-state index in [-0.39, 0.29) is 18.7 Å². The molecule has 6 nitrogen and oxygen atoms in total. The molecule has 1 fully saturated rings. The zero-order chi connectivity index (χ0) is 28.5. The number of aromatic nitrogens is 1. The van der Waals surface area contributed by atoms with Crippen LogP contribution in [-0.2, 0) is 17.5 Å². The SMILES string of the molecule is OC(CN1c2ccccc2N(Cc2ncccc2N2CCOCC2)CC1c1cccc(C(F)(F)F)c1)C(F)(F)F. The lowest BCUT2D eigenvalue weighted by Crippen LogP contribution is -2.49. The van der Waals surface area contributed by atoms with E-state index >= 15 is 0 Å². The Morgan fingerprint density at radius 1 is 0.900 bits per heavy atom. The second-order valence-corrected chi connectivity index (χ2v) is 9.79. The molecule has 3 aromatic rings. The van der Waals surface area contributed by atoms with Crippen LogP contribution in [0.2, 0.25) is 0 Å². The number of alkyl halides is 6. The molecule has 5 rings (SSSR count). The van der Waals surface area contributed by atoms with Crippen LogP contribution in [0.15, 0.2) is 66.9 Å². The van der Waals surface area contributed by atoms with Crippen LogP contribution in [-0.4, -0.2) is 61.8 Å². The van der Waals surface area contributed by atoms with Crippen LogP contribution in [0.5, 0.6) is 0 Å². The van der Waals surface area contributed by atoms with Crippen LogP contribution in [0.25, 0.3) is 0 Å². The van der Waals surface area contributed by atoms with E-state index < -0.39 is 36.6 Å². The number of fused-ring (bicyclic) bond motifs is 1. The first-order chi connectivity index (χ1) is 19.0. The standard InChI is InChI=1S/C28H28F6N4O2/c29-27(30,31)20-6-3-5-19(15-20)25-17-37(16-21-22(9-4-10-35-21)36-11-13-40-14-12-36)23-7-1-2-8-24(23)38(25)18-26(39)28(32,33)34/h1-10,15,25-26,39H,11-14,16-18H2. The molecular formula is C28H28F6N4O2. The third-order valence-electron chi connectivity index (χ3n) is 7.21. The van der Waals surface area contributed by atoms with Crippen molar-refractivity contribution in [1.82, 2.24) is 4.98 Å². The van der Waals surface area contributed by atoms with Crippen LogP contribution in [0.4, 0.5) is 43.4 Å². The van der Waals surface area contributed by atoms with E-state index in [4.69, 9.17) is 4.74 Å². The minimum absolute atomic E-state index is 0.0715. The Kier molecular flexibility index (Phi) is 7.83. The molecule has 2 aromatic carbocycles. The number of aliphatic hydroxyl groups excluding tert-OH is 1. The fraction of sp³-hybridized carbons (Fsp3) is 0.393. The summed E-state index contributed by atoms with van der Waals surface area (Å²) in [4.78, 5) is 10.0.